The van der Waals surface area contributed by atoms with Gasteiger partial charge in [0.05, 0.1) is 17.0 Å². The molecule has 1 amide bonds. The van der Waals surface area contributed by atoms with E-state index in [9.17, 15) is 4.79 Å². The van der Waals surface area contributed by atoms with Crippen LogP contribution in [-0.4, -0.2) is 59.7 Å². The minimum Gasteiger partial charge on any atom is -0.381 e. The molecule has 2 aliphatic rings. The molecule has 3 heterocycles. The number of H-pyrrole nitrogens is 1. The largest absolute Gasteiger partial charge is 0.381 e. The molecule has 2 saturated heterocycles. The van der Waals surface area contributed by atoms with Gasteiger partial charge < -0.3 is 15.0 Å². The lowest BCUT2D eigenvalue weighted by atomic mass is 9.94. The fourth-order valence-electron chi connectivity index (χ4n) is 4.17. The van der Waals surface area contributed by atoms with E-state index in [1.54, 1.807) is 0 Å². The molecule has 0 aliphatic carbocycles. The van der Waals surface area contributed by atoms with Gasteiger partial charge in [0.15, 0.2) is 0 Å². The summed E-state index contributed by atoms with van der Waals surface area (Å²) in [6.07, 6.45) is 5.03. The van der Waals surface area contributed by atoms with Gasteiger partial charge in [0.25, 0.3) is 0 Å². The maximum absolute atomic E-state index is 12.6. The average molecular weight is 356 g/mol. The SMILES string of the molecule is O=C(NCCc1nc2ccccc2[nH]1)C1CCCN(C2CCOCC2)C1. The zero-order valence-corrected chi connectivity index (χ0v) is 15.2. The average Bonchev–Trinajstić information content (AvgIpc) is 3.11. The first-order chi connectivity index (χ1) is 12.8. The van der Waals surface area contributed by atoms with Crippen LogP contribution < -0.4 is 5.32 Å². The van der Waals surface area contributed by atoms with E-state index >= 15 is 0 Å². The van der Waals surface area contributed by atoms with Gasteiger partial charge in [-0.15, -0.1) is 0 Å². The van der Waals surface area contributed by atoms with Crippen LogP contribution in [0.3, 0.4) is 0 Å². The molecule has 1 atom stereocenters. The van der Waals surface area contributed by atoms with Gasteiger partial charge in [-0.1, -0.05) is 12.1 Å². The van der Waals surface area contributed by atoms with Crippen LogP contribution in [0, 0.1) is 5.92 Å². The maximum atomic E-state index is 12.6. The van der Waals surface area contributed by atoms with Crippen molar-refractivity contribution < 1.29 is 9.53 Å². The number of benzene rings is 1. The molecular weight excluding hydrogens is 328 g/mol. The number of carbonyl (C=O) groups is 1. The van der Waals surface area contributed by atoms with Gasteiger partial charge in [-0.05, 0) is 44.4 Å². The molecule has 2 fully saturated rings. The van der Waals surface area contributed by atoms with Gasteiger partial charge in [0.1, 0.15) is 5.82 Å². The van der Waals surface area contributed by atoms with E-state index in [1.807, 2.05) is 24.3 Å². The first-order valence-corrected chi connectivity index (χ1v) is 9.83. The molecule has 1 aromatic carbocycles. The number of nitrogens with zero attached hydrogens (tertiary/aromatic N) is 2. The second-order valence-corrected chi connectivity index (χ2v) is 7.42. The third-order valence-electron chi connectivity index (χ3n) is 5.63. The number of imidazole rings is 1. The predicted octanol–water partition coefficient (Wildman–Crippen LogP) is 2.11. The van der Waals surface area contributed by atoms with Crippen molar-refractivity contribution in [3.05, 3.63) is 30.1 Å². The Morgan fingerprint density at radius 1 is 1.27 bits per heavy atom. The van der Waals surface area contributed by atoms with E-state index in [0.29, 0.717) is 12.6 Å². The highest BCUT2D eigenvalue weighted by atomic mass is 16.5. The highest BCUT2D eigenvalue weighted by Crippen LogP contribution is 2.23. The quantitative estimate of drug-likeness (QED) is 0.861. The molecule has 0 spiro atoms. The fourth-order valence-corrected chi connectivity index (χ4v) is 4.17. The first kappa shape index (κ1) is 17.5. The number of nitrogens with one attached hydrogen (secondary N) is 2. The van der Waals surface area contributed by atoms with Gasteiger partial charge in [0.2, 0.25) is 5.91 Å². The Kier molecular flexibility index (Phi) is 5.51. The summed E-state index contributed by atoms with van der Waals surface area (Å²) >= 11 is 0. The predicted molar refractivity (Wildman–Crippen MR) is 101 cm³/mol. The van der Waals surface area contributed by atoms with Crippen LogP contribution in [0.25, 0.3) is 11.0 Å². The van der Waals surface area contributed by atoms with Crippen molar-refractivity contribution in [2.45, 2.75) is 38.1 Å². The number of aromatic amines is 1. The second kappa shape index (κ2) is 8.18. The third kappa shape index (κ3) is 4.07. The van der Waals surface area contributed by atoms with Crippen molar-refractivity contribution in [1.29, 1.82) is 0 Å². The molecule has 2 N–H and O–H groups in total. The second-order valence-electron chi connectivity index (χ2n) is 7.42. The summed E-state index contributed by atoms with van der Waals surface area (Å²) in [5.41, 5.74) is 2.03. The third-order valence-corrected chi connectivity index (χ3v) is 5.63. The fraction of sp³-hybridized carbons (Fsp3) is 0.600. The van der Waals surface area contributed by atoms with E-state index in [0.717, 1.165) is 75.3 Å². The Balaban J connectivity index is 1.26. The number of ether oxygens (including phenoxy) is 1. The summed E-state index contributed by atoms with van der Waals surface area (Å²) in [5.74, 6) is 1.24. The topological polar surface area (TPSA) is 70.2 Å². The van der Waals surface area contributed by atoms with E-state index in [1.165, 1.54) is 0 Å². The van der Waals surface area contributed by atoms with E-state index in [2.05, 4.69) is 20.2 Å². The van der Waals surface area contributed by atoms with Gasteiger partial charge in [-0.2, -0.15) is 0 Å². The summed E-state index contributed by atoms with van der Waals surface area (Å²) in [4.78, 5) is 23.0. The molecule has 0 saturated carbocycles. The molecular formula is C20H28N4O2. The van der Waals surface area contributed by atoms with Gasteiger partial charge in [0, 0.05) is 38.8 Å². The van der Waals surface area contributed by atoms with Crippen LogP contribution in [-0.2, 0) is 16.0 Å². The summed E-state index contributed by atoms with van der Waals surface area (Å²) in [6.45, 7) is 4.35. The van der Waals surface area contributed by atoms with Crippen LogP contribution >= 0.6 is 0 Å². The lowest BCUT2D eigenvalue weighted by Crippen LogP contribution is -2.48. The van der Waals surface area contributed by atoms with Crippen LogP contribution in [0.2, 0.25) is 0 Å². The van der Waals surface area contributed by atoms with E-state index < -0.39 is 0 Å². The number of hydrogen-bond acceptors (Lipinski definition) is 4. The summed E-state index contributed by atoms with van der Waals surface area (Å²) in [7, 11) is 0. The number of piperidine rings is 1. The van der Waals surface area contributed by atoms with Crippen LogP contribution in [0.15, 0.2) is 24.3 Å². The molecule has 6 heteroatoms. The van der Waals surface area contributed by atoms with Crippen molar-refractivity contribution in [3.63, 3.8) is 0 Å². The van der Waals surface area contributed by atoms with E-state index in [4.69, 9.17) is 4.74 Å². The van der Waals surface area contributed by atoms with Gasteiger partial charge >= 0.3 is 0 Å². The molecule has 6 nitrogen and oxygen atoms in total. The normalized spacial score (nSPS) is 22.5. The minimum absolute atomic E-state index is 0.113. The Morgan fingerprint density at radius 2 is 2.12 bits per heavy atom. The lowest BCUT2D eigenvalue weighted by molar-refractivity contribution is -0.127. The molecule has 0 radical (unpaired) electrons. The zero-order valence-electron chi connectivity index (χ0n) is 15.2. The Hall–Kier alpha value is -1.92. The number of aromatic nitrogens is 2. The molecule has 1 unspecified atom stereocenters. The summed E-state index contributed by atoms with van der Waals surface area (Å²) in [6, 6.07) is 8.61. The van der Waals surface area contributed by atoms with Crippen molar-refractivity contribution in [2.24, 2.45) is 5.92 Å². The van der Waals surface area contributed by atoms with Crippen molar-refractivity contribution in [1.82, 2.24) is 20.2 Å². The van der Waals surface area contributed by atoms with Crippen molar-refractivity contribution in [3.8, 4) is 0 Å². The highest BCUT2D eigenvalue weighted by Gasteiger charge is 2.30. The maximum Gasteiger partial charge on any atom is 0.224 e. The van der Waals surface area contributed by atoms with Crippen LogP contribution in [0.4, 0.5) is 0 Å². The summed E-state index contributed by atoms with van der Waals surface area (Å²) in [5, 5.41) is 3.12. The number of para-hydroxylation sites is 2. The number of fused-ring (bicyclic) bond motifs is 1. The van der Waals surface area contributed by atoms with Crippen LogP contribution in [0.1, 0.15) is 31.5 Å². The number of amides is 1. The molecule has 4 rings (SSSR count). The lowest BCUT2D eigenvalue weighted by Gasteiger charge is -2.39. The molecule has 26 heavy (non-hydrogen) atoms. The number of likely N-dealkylation sites (tertiary alicyclic amines) is 1. The Bertz CT molecular complexity index is 705. The standard InChI is InChI=1S/C20H28N4O2/c25-20(15-4-3-11-24(14-15)16-8-12-26-13-9-16)21-10-7-19-22-17-5-1-2-6-18(17)23-19/h1-2,5-6,15-16H,3-4,7-14H2,(H,21,25)(H,22,23). The van der Waals surface area contributed by atoms with Crippen LogP contribution in [0.5, 0.6) is 0 Å². The number of carbonyl (C=O) groups excluding carboxylic acids is 1. The number of rotatable bonds is 5. The number of hydrogen-bond donors (Lipinski definition) is 2. The van der Waals surface area contributed by atoms with Gasteiger partial charge in [-0.3, -0.25) is 9.69 Å². The molecule has 1 aromatic heterocycles. The highest BCUT2D eigenvalue weighted by molar-refractivity contribution is 5.79. The first-order valence-electron chi connectivity index (χ1n) is 9.83. The Labute approximate surface area is 154 Å². The molecule has 2 aromatic rings. The van der Waals surface area contributed by atoms with E-state index in [-0.39, 0.29) is 11.8 Å². The van der Waals surface area contributed by atoms with Crippen molar-refractivity contribution >= 4 is 16.9 Å². The van der Waals surface area contributed by atoms with Gasteiger partial charge in [-0.25, -0.2) is 4.98 Å². The summed E-state index contributed by atoms with van der Waals surface area (Å²) < 4.78 is 5.47. The zero-order chi connectivity index (χ0) is 17.8. The monoisotopic (exact) mass is 356 g/mol. The molecule has 140 valence electrons. The van der Waals surface area contributed by atoms with Crippen molar-refractivity contribution in [2.75, 3.05) is 32.8 Å². The molecule has 0 bridgehead atoms. The minimum atomic E-state index is 0.113. The molecule has 2 aliphatic heterocycles. The smallest absolute Gasteiger partial charge is 0.224 e. The Morgan fingerprint density at radius 3 is 2.96 bits per heavy atom.